The van der Waals surface area contributed by atoms with Crippen LogP contribution in [0.25, 0.3) is 0 Å². The molecule has 2 aromatic carbocycles. The van der Waals surface area contributed by atoms with Gasteiger partial charge in [0, 0.05) is 9.92 Å². The van der Waals surface area contributed by atoms with Gasteiger partial charge in [-0.15, -0.1) is 11.8 Å². The molecule has 2 rings (SSSR count). The van der Waals surface area contributed by atoms with Gasteiger partial charge in [-0.25, -0.2) is 4.79 Å². The van der Waals surface area contributed by atoms with Crippen LogP contribution in [-0.2, 0) is 9.53 Å². The number of ether oxygens (including phenoxy) is 3. The standard InChI is InChI=1S/C19H20ClNO5S/c1-24-17-11-15(27-2)7-8-16(17)19(23)26-12-18(22)21-9-10-25-14-5-3-13(20)4-6-14/h3-8,11H,9-10,12H2,1-2H3,(H,21,22). The molecule has 8 heteroatoms. The van der Waals surface area contributed by atoms with Gasteiger partial charge in [0.25, 0.3) is 5.91 Å². The van der Waals surface area contributed by atoms with E-state index in [1.54, 1.807) is 42.5 Å². The van der Waals surface area contributed by atoms with Gasteiger partial charge in [-0.1, -0.05) is 11.6 Å². The summed E-state index contributed by atoms with van der Waals surface area (Å²) in [5, 5.41) is 3.24. The van der Waals surface area contributed by atoms with Crippen molar-refractivity contribution in [2.75, 3.05) is 33.1 Å². The highest BCUT2D eigenvalue weighted by Gasteiger charge is 2.15. The lowest BCUT2D eigenvalue weighted by Crippen LogP contribution is -2.32. The summed E-state index contributed by atoms with van der Waals surface area (Å²) < 4.78 is 15.7. The molecule has 27 heavy (non-hydrogen) atoms. The molecule has 0 fully saturated rings. The average Bonchev–Trinajstić information content (AvgIpc) is 2.70. The molecule has 6 nitrogen and oxygen atoms in total. The monoisotopic (exact) mass is 409 g/mol. The zero-order valence-electron chi connectivity index (χ0n) is 15.0. The Bertz CT molecular complexity index is 782. The smallest absolute Gasteiger partial charge is 0.342 e. The Balaban J connectivity index is 1.73. The molecule has 0 aliphatic carbocycles. The van der Waals surface area contributed by atoms with Crippen molar-refractivity contribution in [3.8, 4) is 11.5 Å². The van der Waals surface area contributed by atoms with Crippen LogP contribution in [0.2, 0.25) is 5.02 Å². The Morgan fingerprint density at radius 1 is 1.15 bits per heavy atom. The van der Waals surface area contributed by atoms with Crippen molar-refractivity contribution in [3.63, 3.8) is 0 Å². The topological polar surface area (TPSA) is 73.9 Å². The lowest BCUT2D eigenvalue weighted by atomic mass is 10.2. The quantitative estimate of drug-likeness (QED) is 0.388. The van der Waals surface area contributed by atoms with E-state index in [-0.39, 0.29) is 25.3 Å². The molecule has 0 saturated carbocycles. The number of thioether (sulfide) groups is 1. The molecule has 0 aliphatic rings. The molecule has 0 heterocycles. The number of methoxy groups -OCH3 is 1. The number of carbonyl (C=O) groups excluding carboxylic acids is 2. The van der Waals surface area contributed by atoms with Gasteiger partial charge in [-0.3, -0.25) is 4.79 Å². The van der Waals surface area contributed by atoms with Gasteiger partial charge in [0.15, 0.2) is 6.61 Å². The highest BCUT2D eigenvalue weighted by molar-refractivity contribution is 7.98. The number of hydrogen-bond donors (Lipinski definition) is 1. The van der Waals surface area contributed by atoms with E-state index in [1.807, 2.05) is 6.26 Å². The van der Waals surface area contributed by atoms with Gasteiger partial charge >= 0.3 is 5.97 Å². The van der Waals surface area contributed by atoms with Crippen molar-refractivity contribution in [1.29, 1.82) is 0 Å². The summed E-state index contributed by atoms with van der Waals surface area (Å²) >= 11 is 7.32. The SMILES string of the molecule is COc1cc(SC)ccc1C(=O)OCC(=O)NCCOc1ccc(Cl)cc1. The first kappa shape index (κ1) is 20.9. The molecule has 1 N–H and O–H groups in total. The third kappa shape index (κ3) is 6.69. The fourth-order valence-corrected chi connectivity index (χ4v) is 2.67. The number of benzene rings is 2. The number of carbonyl (C=O) groups is 2. The van der Waals surface area contributed by atoms with Crippen LogP contribution in [0.3, 0.4) is 0 Å². The lowest BCUT2D eigenvalue weighted by molar-refractivity contribution is -0.124. The van der Waals surface area contributed by atoms with Gasteiger partial charge < -0.3 is 19.5 Å². The van der Waals surface area contributed by atoms with Crippen LogP contribution in [0.1, 0.15) is 10.4 Å². The molecule has 0 spiro atoms. The normalized spacial score (nSPS) is 10.2. The van der Waals surface area contributed by atoms with E-state index >= 15 is 0 Å². The molecule has 0 aliphatic heterocycles. The Kier molecular flexibility index (Phi) is 8.29. The second-order valence-corrected chi connectivity index (χ2v) is 6.61. The minimum atomic E-state index is -0.618. The summed E-state index contributed by atoms with van der Waals surface area (Å²) in [6.07, 6.45) is 1.92. The zero-order chi connectivity index (χ0) is 19.6. The maximum absolute atomic E-state index is 12.1. The predicted molar refractivity (Wildman–Crippen MR) is 105 cm³/mol. The van der Waals surface area contributed by atoms with Crippen molar-refractivity contribution in [1.82, 2.24) is 5.32 Å². The van der Waals surface area contributed by atoms with Crippen LogP contribution in [0.15, 0.2) is 47.4 Å². The van der Waals surface area contributed by atoms with Crippen LogP contribution in [0.5, 0.6) is 11.5 Å². The van der Waals surface area contributed by atoms with Gasteiger partial charge in [-0.2, -0.15) is 0 Å². The molecule has 0 saturated heterocycles. The van der Waals surface area contributed by atoms with Crippen LogP contribution in [-0.4, -0.2) is 45.0 Å². The second kappa shape index (κ2) is 10.7. The average molecular weight is 410 g/mol. The molecular weight excluding hydrogens is 390 g/mol. The Labute approximate surface area is 167 Å². The molecule has 0 bridgehead atoms. The van der Waals surface area contributed by atoms with Crippen LogP contribution in [0, 0.1) is 0 Å². The maximum atomic E-state index is 12.1. The summed E-state index contributed by atoms with van der Waals surface area (Å²) in [6, 6.07) is 12.1. The first-order valence-electron chi connectivity index (χ1n) is 8.07. The lowest BCUT2D eigenvalue weighted by Gasteiger charge is -2.10. The summed E-state index contributed by atoms with van der Waals surface area (Å²) in [6.45, 7) is 0.184. The van der Waals surface area contributed by atoms with E-state index in [4.69, 9.17) is 25.8 Å². The first-order chi connectivity index (χ1) is 13.0. The molecule has 1 amide bonds. The molecule has 0 aromatic heterocycles. The summed E-state index contributed by atoms with van der Waals surface area (Å²) in [4.78, 5) is 24.9. The fraction of sp³-hybridized carbons (Fsp3) is 0.263. The zero-order valence-corrected chi connectivity index (χ0v) is 16.6. The van der Waals surface area contributed by atoms with Crippen LogP contribution < -0.4 is 14.8 Å². The molecule has 2 aromatic rings. The second-order valence-electron chi connectivity index (χ2n) is 5.29. The number of halogens is 1. The summed E-state index contributed by atoms with van der Waals surface area (Å²) in [5.74, 6) is 0.0271. The van der Waals surface area contributed by atoms with E-state index in [2.05, 4.69) is 5.32 Å². The number of nitrogens with one attached hydrogen (secondary N) is 1. The summed E-state index contributed by atoms with van der Waals surface area (Å²) in [7, 11) is 1.48. The molecule has 0 radical (unpaired) electrons. The van der Waals surface area contributed by atoms with Gasteiger partial charge in [0.1, 0.15) is 23.7 Å². The van der Waals surface area contributed by atoms with Gasteiger partial charge in [0.05, 0.1) is 13.7 Å². The Morgan fingerprint density at radius 3 is 2.56 bits per heavy atom. The molecule has 0 unspecified atom stereocenters. The van der Waals surface area contributed by atoms with Crippen LogP contribution in [0.4, 0.5) is 0 Å². The number of amides is 1. The number of esters is 1. The first-order valence-corrected chi connectivity index (χ1v) is 9.68. The van der Waals surface area contributed by atoms with E-state index in [0.29, 0.717) is 16.5 Å². The van der Waals surface area contributed by atoms with Gasteiger partial charge in [0.2, 0.25) is 0 Å². The molecule has 0 atom stereocenters. The molecular formula is C19H20ClNO5S. The van der Waals surface area contributed by atoms with Crippen molar-refractivity contribution < 1.29 is 23.8 Å². The van der Waals surface area contributed by atoms with E-state index in [0.717, 1.165) is 4.90 Å². The van der Waals surface area contributed by atoms with E-state index < -0.39 is 11.9 Å². The predicted octanol–water partition coefficient (Wildman–Crippen LogP) is 3.42. The van der Waals surface area contributed by atoms with E-state index in [9.17, 15) is 9.59 Å². The van der Waals surface area contributed by atoms with Crippen molar-refractivity contribution in [2.45, 2.75) is 4.90 Å². The molecule has 144 valence electrons. The summed E-state index contributed by atoms with van der Waals surface area (Å²) in [5.41, 5.74) is 0.272. The van der Waals surface area contributed by atoms with E-state index in [1.165, 1.54) is 18.9 Å². The maximum Gasteiger partial charge on any atom is 0.342 e. The third-order valence-electron chi connectivity index (χ3n) is 3.47. The Morgan fingerprint density at radius 2 is 1.89 bits per heavy atom. The Hall–Kier alpha value is -2.38. The minimum Gasteiger partial charge on any atom is -0.496 e. The highest BCUT2D eigenvalue weighted by Crippen LogP contribution is 2.25. The van der Waals surface area contributed by atoms with Crippen LogP contribution >= 0.6 is 23.4 Å². The fourth-order valence-electron chi connectivity index (χ4n) is 2.12. The third-order valence-corrected chi connectivity index (χ3v) is 4.45. The van der Waals surface area contributed by atoms with Crippen molar-refractivity contribution in [2.24, 2.45) is 0 Å². The minimum absolute atomic E-state index is 0.272. The number of rotatable bonds is 9. The van der Waals surface area contributed by atoms with Crippen molar-refractivity contribution >= 4 is 35.2 Å². The van der Waals surface area contributed by atoms with Gasteiger partial charge in [-0.05, 0) is 48.7 Å². The van der Waals surface area contributed by atoms with Crippen molar-refractivity contribution in [3.05, 3.63) is 53.1 Å². The largest absolute Gasteiger partial charge is 0.496 e. The highest BCUT2D eigenvalue weighted by atomic mass is 35.5. The number of hydrogen-bond acceptors (Lipinski definition) is 6.